The molecular weight excluding hydrogens is 454 g/mol. The minimum absolute atomic E-state index is 0.162. The van der Waals surface area contributed by atoms with E-state index in [1.165, 1.54) is 0 Å². The first-order valence-corrected chi connectivity index (χ1v) is 12.3. The Morgan fingerprint density at radius 2 is 1.89 bits per heavy atom. The number of likely N-dealkylation sites (tertiary alicyclic amines) is 1. The Kier molecular flexibility index (Phi) is 7.13. The second-order valence-electron chi connectivity index (χ2n) is 8.89. The van der Waals surface area contributed by atoms with Crippen molar-refractivity contribution in [1.82, 2.24) is 19.9 Å². The average Bonchev–Trinajstić information content (AvgIpc) is 2.91. The number of pyridine rings is 1. The number of aryl methyl sites for hydroxylation is 1. The maximum absolute atomic E-state index is 6.42. The molecular formula is C28H31N5O3. The van der Waals surface area contributed by atoms with Crippen LogP contribution in [0.3, 0.4) is 0 Å². The van der Waals surface area contributed by atoms with Gasteiger partial charge in [-0.2, -0.15) is 0 Å². The summed E-state index contributed by atoms with van der Waals surface area (Å²) in [5.74, 6) is 3.57. The third-order valence-electron chi connectivity index (χ3n) is 6.50. The van der Waals surface area contributed by atoms with Crippen LogP contribution in [0, 0.1) is 6.92 Å². The molecule has 0 unspecified atom stereocenters. The number of hydrogen-bond acceptors (Lipinski definition) is 8. The lowest BCUT2D eigenvalue weighted by atomic mass is 10.1. The van der Waals surface area contributed by atoms with Gasteiger partial charge in [-0.15, -0.1) is 0 Å². The molecule has 1 fully saturated rings. The molecule has 0 bridgehead atoms. The second kappa shape index (κ2) is 10.8. The Morgan fingerprint density at radius 1 is 1.03 bits per heavy atom. The van der Waals surface area contributed by atoms with Crippen molar-refractivity contribution < 1.29 is 14.2 Å². The van der Waals surface area contributed by atoms with Gasteiger partial charge in [-0.25, -0.2) is 9.97 Å². The van der Waals surface area contributed by atoms with Crippen molar-refractivity contribution in [2.24, 2.45) is 0 Å². The van der Waals surface area contributed by atoms with Crippen molar-refractivity contribution in [3.63, 3.8) is 0 Å². The van der Waals surface area contributed by atoms with E-state index in [0.29, 0.717) is 23.1 Å². The highest BCUT2D eigenvalue weighted by atomic mass is 16.5. The summed E-state index contributed by atoms with van der Waals surface area (Å²) in [5.41, 5.74) is 2.67. The molecule has 0 aliphatic carbocycles. The van der Waals surface area contributed by atoms with Crippen LogP contribution in [0.25, 0.3) is 10.9 Å². The van der Waals surface area contributed by atoms with Crippen LogP contribution >= 0.6 is 0 Å². The first-order chi connectivity index (χ1) is 17.6. The van der Waals surface area contributed by atoms with Crippen molar-refractivity contribution in [2.75, 3.05) is 32.1 Å². The molecule has 8 nitrogen and oxygen atoms in total. The second-order valence-corrected chi connectivity index (χ2v) is 8.89. The third kappa shape index (κ3) is 5.33. The highest BCUT2D eigenvalue weighted by molar-refractivity contribution is 5.93. The number of anilines is 2. The standard InChI is InChI=1S/C28H31N5O3/c1-4-33-12-9-21(10-13-33)35-27-15-23-24(16-26(27)34-3)30-18-31-28(23)32-20-7-8-25(19(2)14-20)36-22-6-5-11-29-17-22/h5-8,11,14-18,21H,4,9-10,12-13H2,1-3H3,(H,30,31,32). The molecule has 186 valence electrons. The Hall–Kier alpha value is -3.91. The molecule has 3 heterocycles. The van der Waals surface area contributed by atoms with Crippen LogP contribution in [-0.2, 0) is 0 Å². The summed E-state index contributed by atoms with van der Waals surface area (Å²) in [6.45, 7) is 7.38. The van der Waals surface area contributed by atoms with Crippen LogP contribution in [0.1, 0.15) is 25.3 Å². The van der Waals surface area contributed by atoms with Crippen LogP contribution in [-0.4, -0.2) is 52.7 Å². The number of benzene rings is 2. The lowest BCUT2D eigenvalue weighted by Crippen LogP contribution is -2.38. The number of hydrogen-bond donors (Lipinski definition) is 1. The van der Waals surface area contributed by atoms with Crippen molar-refractivity contribution in [2.45, 2.75) is 32.8 Å². The summed E-state index contributed by atoms with van der Waals surface area (Å²) >= 11 is 0. The molecule has 8 heteroatoms. The molecule has 0 amide bonds. The van der Waals surface area contributed by atoms with Crippen LogP contribution in [0.15, 0.2) is 61.2 Å². The number of nitrogens with zero attached hydrogens (tertiary/aromatic N) is 4. The molecule has 5 rings (SSSR count). The van der Waals surface area contributed by atoms with Gasteiger partial charge < -0.3 is 24.4 Å². The van der Waals surface area contributed by atoms with Crippen molar-refractivity contribution in [3.05, 3.63) is 66.7 Å². The molecule has 0 saturated carbocycles. The van der Waals surface area contributed by atoms with Crippen LogP contribution in [0.2, 0.25) is 0 Å². The van der Waals surface area contributed by atoms with Gasteiger partial charge >= 0.3 is 0 Å². The molecule has 2 aromatic heterocycles. The van der Waals surface area contributed by atoms with Gasteiger partial charge in [-0.05, 0) is 68.3 Å². The largest absolute Gasteiger partial charge is 0.493 e. The minimum atomic E-state index is 0.162. The van der Waals surface area contributed by atoms with Crippen molar-refractivity contribution >= 4 is 22.4 Å². The summed E-state index contributed by atoms with van der Waals surface area (Å²) in [6.07, 6.45) is 7.13. The first kappa shape index (κ1) is 23.8. The zero-order chi connectivity index (χ0) is 24.9. The average molecular weight is 486 g/mol. The lowest BCUT2D eigenvalue weighted by molar-refractivity contribution is 0.101. The predicted octanol–water partition coefficient (Wildman–Crippen LogP) is 5.74. The molecule has 36 heavy (non-hydrogen) atoms. The van der Waals surface area contributed by atoms with Gasteiger partial charge in [0.1, 0.15) is 29.7 Å². The van der Waals surface area contributed by atoms with E-state index in [1.54, 1.807) is 25.8 Å². The van der Waals surface area contributed by atoms with Crippen LogP contribution < -0.4 is 19.5 Å². The van der Waals surface area contributed by atoms with E-state index in [0.717, 1.165) is 60.4 Å². The number of fused-ring (bicyclic) bond motifs is 1. The van der Waals surface area contributed by atoms with E-state index in [-0.39, 0.29) is 6.10 Å². The summed E-state index contributed by atoms with van der Waals surface area (Å²) in [4.78, 5) is 15.5. The molecule has 0 radical (unpaired) electrons. The van der Waals surface area contributed by atoms with Gasteiger partial charge in [0.2, 0.25) is 0 Å². The highest BCUT2D eigenvalue weighted by Gasteiger charge is 2.21. The molecule has 4 aromatic rings. The number of piperidine rings is 1. The third-order valence-corrected chi connectivity index (χ3v) is 6.50. The highest BCUT2D eigenvalue weighted by Crippen LogP contribution is 2.36. The van der Waals surface area contributed by atoms with Crippen molar-refractivity contribution in [1.29, 1.82) is 0 Å². The van der Waals surface area contributed by atoms with E-state index >= 15 is 0 Å². The summed E-state index contributed by atoms with van der Waals surface area (Å²) in [6, 6.07) is 13.6. The van der Waals surface area contributed by atoms with Gasteiger partial charge in [0, 0.05) is 36.4 Å². The Morgan fingerprint density at radius 3 is 2.61 bits per heavy atom. The Balaban J connectivity index is 1.38. The molecule has 1 aliphatic heterocycles. The quantitative estimate of drug-likeness (QED) is 0.338. The normalized spacial score (nSPS) is 14.5. The fraction of sp³-hybridized carbons (Fsp3) is 0.321. The molecule has 2 aromatic carbocycles. The van der Waals surface area contributed by atoms with Gasteiger partial charge in [-0.1, -0.05) is 6.92 Å². The molecule has 1 saturated heterocycles. The number of ether oxygens (including phenoxy) is 3. The van der Waals surface area contributed by atoms with Gasteiger partial charge in [-0.3, -0.25) is 4.98 Å². The summed E-state index contributed by atoms with van der Waals surface area (Å²) < 4.78 is 18.0. The zero-order valence-corrected chi connectivity index (χ0v) is 20.9. The van der Waals surface area contributed by atoms with Crippen molar-refractivity contribution in [3.8, 4) is 23.0 Å². The monoisotopic (exact) mass is 485 g/mol. The molecule has 1 aliphatic rings. The van der Waals surface area contributed by atoms with E-state index in [9.17, 15) is 0 Å². The topological polar surface area (TPSA) is 81.6 Å². The van der Waals surface area contributed by atoms with Gasteiger partial charge in [0.05, 0.1) is 18.8 Å². The van der Waals surface area contributed by atoms with Crippen LogP contribution in [0.5, 0.6) is 23.0 Å². The summed E-state index contributed by atoms with van der Waals surface area (Å²) in [5, 5.41) is 4.31. The number of methoxy groups -OCH3 is 1. The fourth-order valence-corrected chi connectivity index (χ4v) is 4.45. The Labute approximate surface area is 211 Å². The Bertz CT molecular complexity index is 1320. The van der Waals surface area contributed by atoms with Gasteiger partial charge in [0.15, 0.2) is 11.5 Å². The number of aromatic nitrogens is 3. The van der Waals surface area contributed by atoms with Gasteiger partial charge in [0.25, 0.3) is 0 Å². The SMILES string of the molecule is CCN1CCC(Oc2cc3c(Nc4ccc(Oc5cccnc5)c(C)c4)ncnc3cc2OC)CC1. The van der Waals surface area contributed by atoms with E-state index < -0.39 is 0 Å². The maximum Gasteiger partial charge on any atom is 0.162 e. The van der Waals surface area contributed by atoms with E-state index in [1.807, 2.05) is 49.4 Å². The van der Waals surface area contributed by atoms with E-state index in [4.69, 9.17) is 14.2 Å². The first-order valence-electron chi connectivity index (χ1n) is 12.3. The van der Waals surface area contributed by atoms with E-state index in [2.05, 4.69) is 32.1 Å². The molecule has 0 spiro atoms. The molecule has 0 atom stereocenters. The minimum Gasteiger partial charge on any atom is -0.493 e. The maximum atomic E-state index is 6.42. The fourth-order valence-electron chi connectivity index (χ4n) is 4.45. The predicted molar refractivity (Wildman–Crippen MR) is 141 cm³/mol. The summed E-state index contributed by atoms with van der Waals surface area (Å²) in [7, 11) is 1.66. The zero-order valence-electron chi connectivity index (χ0n) is 20.9. The number of nitrogens with one attached hydrogen (secondary N) is 1. The molecule has 1 N–H and O–H groups in total. The van der Waals surface area contributed by atoms with Crippen LogP contribution in [0.4, 0.5) is 11.5 Å². The smallest absolute Gasteiger partial charge is 0.162 e. The number of rotatable bonds is 8. The lowest BCUT2D eigenvalue weighted by Gasteiger charge is -2.31.